The molecule has 0 spiro atoms. The molecule has 0 saturated carbocycles. The minimum Gasteiger partial charge on any atom is -0.494 e. The molecule has 7 nitrogen and oxygen atoms in total. The van der Waals surface area contributed by atoms with Crippen LogP contribution in [0.1, 0.15) is 23.7 Å². The number of amides is 1. The number of hydrogen-bond donors (Lipinski definition) is 1. The number of non-ortho nitro benzene ring substituents is 1. The zero-order chi connectivity index (χ0) is 17.5. The van der Waals surface area contributed by atoms with Crippen LogP contribution in [-0.2, 0) is 0 Å². The van der Waals surface area contributed by atoms with Crippen LogP contribution in [0.3, 0.4) is 0 Å². The molecule has 2 rings (SSSR count). The van der Waals surface area contributed by atoms with Gasteiger partial charge in [-0.15, -0.1) is 0 Å². The van der Waals surface area contributed by atoms with E-state index in [1.807, 2.05) is 6.92 Å². The van der Waals surface area contributed by atoms with Gasteiger partial charge in [-0.05, 0) is 36.8 Å². The molecule has 0 saturated heterocycles. The minimum absolute atomic E-state index is 0.109. The van der Waals surface area contributed by atoms with Gasteiger partial charge in [0.15, 0.2) is 0 Å². The lowest BCUT2D eigenvalue weighted by molar-refractivity contribution is -0.384. The molecule has 126 valence electrons. The Labute approximate surface area is 139 Å². The molecule has 0 aliphatic heterocycles. The predicted molar refractivity (Wildman–Crippen MR) is 89.8 cm³/mol. The van der Waals surface area contributed by atoms with E-state index in [1.165, 1.54) is 25.3 Å². The highest BCUT2D eigenvalue weighted by molar-refractivity contribution is 6.05. The van der Waals surface area contributed by atoms with E-state index in [0.29, 0.717) is 23.6 Å². The van der Waals surface area contributed by atoms with Gasteiger partial charge in [0.25, 0.3) is 11.6 Å². The summed E-state index contributed by atoms with van der Waals surface area (Å²) >= 11 is 0. The van der Waals surface area contributed by atoms with Crippen LogP contribution in [0.4, 0.5) is 11.4 Å². The van der Waals surface area contributed by atoms with Crippen molar-refractivity contribution in [1.29, 1.82) is 0 Å². The molecule has 0 bridgehead atoms. The second kappa shape index (κ2) is 7.96. The third kappa shape index (κ3) is 4.22. The van der Waals surface area contributed by atoms with Crippen molar-refractivity contribution < 1.29 is 19.2 Å². The molecule has 24 heavy (non-hydrogen) atoms. The van der Waals surface area contributed by atoms with Gasteiger partial charge in [-0.1, -0.05) is 6.92 Å². The summed E-state index contributed by atoms with van der Waals surface area (Å²) in [6.45, 7) is 2.63. The molecule has 0 fully saturated rings. The van der Waals surface area contributed by atoms with Crippen molar-refractivity contribution in [3.8, 4) is 11.5 Å². The SMILES string of the molecule is CCCOc1ccc(C(=O)Nc2ccc([N+](=O)[O-])cc2OC)cc1. The van der Waals surface area contributed by atoms with Gasteiger partial charge in [-0.25, -0.2) is 0 Å². The van der Waals surface area contributed by atoms with E-state index in [0.717, 1.165) is 6.42 Å². The van der Waals surface area contributed by atoms with E-state index >= 15 is 0 Å². The van der Waals surface area contributed by atoms with E-state index in [2.05, 4.69) is 5.32 Å². The Morgan fingerprint density at radius 1 is 1.21 bits per heavy atom. The molecule has 2 aromatic carbocycles. The first-order chi connectivity index (χ1) is 11.5. The largest absolute Gasteiger partial charge is 0.494 e. The molecule has 0 aliphatic rings. The summed E-state index contributed by atoms with van der Waals surface area (Å²) in [7, 11) is 1.38. The molecule has 1 N–H and O–H groups in total. The lowest BCUT2D eigenvalue weighted by Crippen LogP contribution is -2.12. The fraction of sp³-hybridized carbons (Fsp3) is 0.235. The normalized spacial score (nSPS) is 10.1. The monoisotopic (exact) mass is 330 g/mol. The van der Waals surface area contributed by atoms with Gasteiger partial charge in [0.1, 0.15) is 11.5 Å². The zero-order valence-electron chi connectivity index (χ0n) is 13.4. The first kappa shape index (κ1) is 17.3. The Kier molecular flexibility index (Phi) is 5.73. The average Bonchev–Trinajstić information content (AvgIpc) is 2.60. The molecule has 0 aliphatic carbocycles. The number of carbonyl (C=O) groups is 1. The first-order valence-electron chi connectivity index (χ1n) is 7.41. The van der Waals surface area contributed by atoms with Crippen LogP contribution in [-0.4, -0.2) is 24.5 Å². The lowest BCUT2D eigenvalue weighted by Gasteiger charge is -2.10. The zero-order valence-corrected chi connectivity index (χ0v) is 13.4. The Bertz CT molecular complexity index is 728. The van der Waals surface area contributed by atoms with Gasteiger partial charge >= 0.3 is 0 Å². The van der Waals surface area contributed by atoms with Crippen LogP contribution in [0.15, 0.2) is 42.5 Å². The van der Waals surface area contributed by atoms with Crippen LogP contribution < -0.4 is 14.8 Å². The summed E-state index contributed by atoms with van der Waals surface area (Å²) in [5.41, 5.74) is 0.695. The number of benzene rings is 2. The van der Waals surface area contributed by atoms with E-state index in [-0.39, 0.29) is 17.3 Å². The van der Waals surface area contributed by atoms with Gasteiger partial charge < -0.3 is 14.8 Å². The molecule has 1 amide bonds. The van der Waals surface area contributed by atoms with Crippen molar-refractivity contribution in [2.24, 2.45) is 0 Å². The van der Waals surface area contributed by atoms with Crippen molar-refractivity contribution >= 4 is 17.3 Å². The van der Waals surface area contributed by atoms with Crippen LogP contribution in [0.2, 0.25) is 0 Å². The maximum atomic E-state index is 12.3. The quantitative estimate of drug-likeness (QED) is 0.618. The highest BCUT2D eigenvalue weighted by Gasteiger charge is 2.14. The highest BCUT2D eigenvalue weighted by Crippen LogP contribution is 2.29. The average molecular weight is 330 g/mol. The Balaban J connectivity index is 2.12. The van der Waals surface area contributed by atoms with Crippen molar-refractivity contribution in [2.45, 2.75) is 13.3 Å². The molecular weight excluding hydrogens is 312 g/mol. The Morgan fingerprint density at radius 2 is 1.92 bits per heavy atom. The van der Waals surface area contributed by atoms with Crippen molar-refractivity contribution in [1.82, 2.24) is 0 Å². The summed E-state index contributed by atoms with van der Waals surface area (Å²) in [5.74, 6) is 0.575. The number of methoxy groups -OCH3 is 1. The van der Waals surface area contributed by atoms with Crippen LogP contribution >= 0.6 is 0 Å². The second-order valence-electron chi connectivity index (χ2n) is 4.97. The fourth-order valence-electron chi connectivity index (χ4n) is 2.01. The standard InChI is InChI=1S/C17H18N2O5/c1-3-10-24-14-7-4-12(5-8-14)17(20)18-15-9-6-13(19(21)22)11-16(15)23-2/h4-9,11H,3,10H2,1-2H3,(H,18,20). The number of carbonyl (C=O) groups excluding carboxylic acids is 1. The van der Waals surface area contributed by atoms with Crippen molar-refractivity contribution in [3.63, 3.8) is 0 Å². The Hall–Kier alpha value is -3.09. The molecule has 2 aromatic rings. The highest BCUT2D eigenvalue weighted by atomic mass is 16.6. The Morgan fingerprint density at radius 3 is 2.50 bits per heavy atom. The van der Waals surface area contributed by atoms with E-state index in [9.17, 15) is 14.9 Å². The van der Waals surface area contributed by atoms with Gasteiger partial charge in [0, 0.05) is 11.6 Å². The van der Waals surface area contributed by atoms with Crippen LogP contribution in [0.5, 0.6) is 11.5 Å². The molecule has 0 atom stereocenters. The molecule has 0 radical (unpaired) electrons. The van der Waals surface area contributed by atoms with Gasteiger partial charge in [-0.3, -0.25) is 14.9 Å². The fourth-order valence-corrected chi connectivity index (χ4v) is 2.01. The third-order valence-electron chi connectivity index (χ3n) is 3.23. The van der Waals surface area contributed by atoms with Gasteiger partial charge in [0.2, 0.25) is 0 Å². The maximum Gasteiger partial charge on any atom is 0.273 e. The molecule has 0 heterocycles. The smallest absolute Gasteiger partial charge is 0.273 e. The minimum atomic E-state index is -0.525. The number of anilines is 1. The van der Waals surface area contributed by atoms with E-state index in [4.69, 9.17) is 9.47 Å². The van der Waals surface area contributed by atoms with Crippen LogP contribution in [0.25, 0.3) is 0 Å². The number of ether oxygens (including phenoxy) is 2. The number of hydrogen-bond acceptors (Lipinski definition) is 5. The molecule has 0 aromatic heterocycles. The van der Waals surface area contributed by atoms with E-state index in [1.54, 1.807) is 24.3 Å². The number of nitro groups is 1. The maximum absolute atomic E-state index is 12.3. The van der Waals surface area contributed by atoms with Crippen LogP contribution in [0, 0.1) is 10.1 Å². The summed E-state index contributed by atoms with van der Waals surface area (Å²) in [5, 5.41) is 13.5. The molecular formula is C17H18N2O5. The van der Waals surface area contributed by atoms with Crippen molar-refractivity contribution in [3.05, 3.63) is 58.1 Å². The summed E-state index contributed by atoms with van der Waals surface area (Å²) in [6, 6.07) is 10.7. The topological polar surface area (TPSA) is 90.7 Å². The molecule has 7 heteroatoms. The number of nitrogens with zero attached hydrogens (tertiary/aromatic N) is 1. The number of nitrogens with one attached hydrogen (secondary N) is 1. The summed E-state index contributed by atoms with van der Waals surface area (Å²) in [4.78, 5) is 22.5. The second-order valence-corrected chi connectivity index (χ2v) is 4.97. The number of nitro benzene ring substituents is 1. The van der Waals surface area contributed by atoms with E-state index < -0.39 is 4.92 Å². The third-order valence-corrected chi connectivity index (χ3v) is 3.23. The first-order valence-corrected chi connectivity index (χ1v) is 7.41. The van der Waals surface area contributed by atoms with Gasteiger partial charge in [-0.2, -0.15) is 0 Å². The van der Waals surface area contributed by atoms with Crippen molar-refractivity contribution in [2.75, 3.05) is 19.0 Å². The lowest BCUT2D eigenvalue weighted by atomic mass is 10.2. The molecule has 0 unspecified atom stereocenters. The number of rotatable bonds is 7. The predicted octanol–water partition coefficient (Wildman–Crippen LogP) is 3.64. The summed E-state index contributed by atoms with van der Waals surface area (Å²) in [6.07, 6.45) is 0.905. The van der Waals surface area contributed by atoms with Gasteiger partial charge in [0.05, 0.1) is 30.4 Å². The summed E-state index contributed by atoms with van der Waals surface area (Å²) < 4.78 is 10.6.